The van der Waals surface area contributed by atoms with E-state index in [-0.39, 0.29) is 11.8 Å². The van der Waals surface area contributed by atoms with Crippen molar-refractivity contribution in [2.45, 2.75) is 20.8 Å². The average Bonchev–Trinajstić information content (AvgIpc) is 2.92. The Kier molecular flexibility index (Phi) is 5.55. The average molecular weight is 420 g/mol. The Labute approximate surface area is 180 Å². The molecule has 0 saturated carbocycles. The lowest BCUT2D eigenvalue weighted by Crippen LogP contribution is -2.20. The number of hydrogen-bond acceptors (Lipinski definition) is 4. The van der Waals surface area contributed by atoms with Gasteiger partial charge in [0.25, 0.3) is 0 Å². The molecule has 4 rings (SSSR count). The summed E-state index contributed by atoms with van der Waals surface area (Å²) in [6.45, 7) is 6.42. The first kappa shape index (κ1) is 20.1. The summed E-state index contributed by atoms with van der Waals surface area (Å²) in [6, 6.07) is 7.53. The van der Waals surface area contributed by atoms with E-state index in [2.05, 4.69) is 41.7 Å². The van der Waals surface area contributed by atoms with Crippen LogP contribution < -0.4 is 5.32 Å². The lowest BCUT2D eigenvalue weighted by molar-refractivity contribution is -0.116. The van der Waals surface area contributed by atoms with Gasteiger partial charge in [-0.15, -0.1) is 0 Å². The quantitative estimate of drug-likeness (QED) is 0.701. The van der Waals surface area contributed by atoms with Crippen LogP contribution in [0.25, 0.3) is 11.3 Å². The summed E-state index contributed by atoms with van der Waals surface area (Å²) in [6.07, 6.45) is 9.89. The molecule has 1 amide bonds. The molecular formula is C24H22ClN3O2. The molecular weight excluding hydrogens is 398 g/mol. The summed E-state index contributed by atoms with van der Waals surface area (Å²) in [7, 11) is 0. The molecule has 2 aromatic rings. The maximum Gasteiger partial charge on any atom is 0.246 e. The third kappa shape index (κ3) is 3.81. The Bertz CT molecular complexity index is 1150. The van der Waals surface area contributed by atoms with Gasteiger partial charge in [-0.05, 0) is 37.5 Å². The highest BCUT2D eigenvalue weighted by molar-refractivity contribution is 6.31. The van der Waals surface area contributed by atoms with Crippen molar-refractivity contribution in [3.63, 3.8) is 0 Å². The van der Waals surface area contributed by atoms with Crippen LogP contribution in [0.4, 0.5) is 0 Å². The van der Waals surface area contributed by atoms with Gasteiger partial charge in [-0.3, -0.25) is 4.79 Å². The highest BCUT2D eigenvalue weighted by atomic mass is 35.5. The Morgan fingerprint density at radius 2 is 1.90 bits per heavy atom. The third-order valence-electron chi connectivity index (χ3n) is 5.01. The normalized spacial score (nSPS) is 19.1. The number of hydrogen-bond donors (Lipinski definition) is 1. The molecule has 0 spiro atoms. The van der Waals surface area contributed by atoms with Gasteiger partial charge in [-0.2, -0.15) is 0 Å². The van der Waals surface area contributed by atoms with E-state index in [0.29, 0.717) is 23.0 Å². The summed E-state index contributed by atoms with van der Waals surface area (Å²) < 4.78 is 5.66. The van der Waals surface area contributed by atoms with Crippen molar-refractivity contribution in [1.29, 1.82) is 0 Å². The van der Waals surface area contributed by atoms with Crippen molar-refractivity contribution >= 4 is 34.5 Å². The van der Waals surface area contributed by atoms with Crippen molar-refractivity contribution in [2.24, 2.45) is 10.9 Å². The Morgan fingerprint density at radius 1 is 1.20 bits per heavy atom. The number of allylic oxidation sites excluding steroid dienone is 6. The number of carbonyl (C=O) groups is 1. The second-order valence-electron chi connectivity index (χ2n) is 7.27. The molecule has 1 atom stereocenters. The van der Waals surface area contributed by atoms with Gasteiger partial charge in [-0.1, -0.05) is 60.1 Å². The van der Waals surface area contributed by atoms with Crippen LogP contribution in [-0.4, -0.2) is 23.3 Å². The number of likely N-dealkylation sites (N-methyl/N-ethyl adjacent to an activating group) is 1. The summed E-state index contributed by atoms with van der Waals surface area (Å²) in [5, 5.41) is 7.60. The van der Waals surface area contributed by atoms with E-state index in [9.17, 15) is 4.79 Å². The van der Waals surface area contributed by atoms with Gasteiger partial charge in [0.15, 0.2) is 5.76 Å². The van der Waals surface area contributed by atoms with E-state index in [1.807, 2.05) is 38.1 Å². The van der Waals surface area contributed by atoms with E-state index in [1.54, 1.807) is 0 Å². The first-order valence-corrected chi connectivity index (χ1v) is 10.3. The van der Waals surface area contributed by atoms with Gasteiger partial charge in [-0.25, -0.2) is 4.99 Å². The maximum atomic E-state index is 12.4. The van der Waals surface area contributed by atoms with Gasteiger partial charge in [0.1, 0.15) is 5.70 Å². The lowest BCUT2D eigenvalue weighted by atomic mass is 9.93. The maximum absolute atomic E-state index is 12.4. The molecule has 0 fully saturated rings. The van der Waals surface area contributed by atoms with E-state index in [4.69, 9.17) is 21.1 Å². The standard InChI is InChI=1S/C24H22ClN3O2/c1-4-26-21(29)13-20-24-22(15(3)28-30-24)18-11-5-14(2)6-12-19(18)23(27-20)16-7-9-17(25)10-8-16/h5-14H,4H2,1-3H3,(H,26,29)/b20-13-. The highest BCUT2D eigenvalue weighted by Gasteiger charge is 2.28. The van der Waals surface area contributed by atoms with Gasteiger partial charge in [0, 0.05) is 28.8 Å². The van der Waals surface area contributed by atoms with Crippen LogP contribution in [-0.2, 0) is 4.79 Å². The van der Waals surface area contributed by atoms with Crippen LogP contribution in [0, 0.1) is 12.8 Å². The fourth-order valence-corrected chi connectivity index (χ4v) is 3.66. The summed E-state index contributed by atoms with van der Waals surface area (Å²) in [5.41, 5.74) is 5.60. The monoisotopic (exact) mass is 419 g/mol. The van der Waals surface area contributed by atoms with Crippen molar-refractivity contribution in [1.82, 2.24) is 10.5 Å². The van der Waals surface area contributed by atoms with Crippen LogP contribution in [0.5, 0.6) is 0 Å². The largest absolute Gasteiger partial charge is 0.354 e. The molecule has 1 aromatic carbocycles. The van der Waals surface area contributed by atoms with Gasteiger partial charge < -0.3 is 9.84 Å². The predicted octanol–water partition coefficient (Wildman–Crippen LogP) is 5.13. The van der Waals surface area contributed by atoms with E-state index >= 15 is 0 Å². The molecule has 0 bridgehead atoms. The van der Waals surface area contributed by atoms with Crippen LogP contribution in [0.2, 0.25) is 5.02 Å². The second-order valence-corrected chi connectivity index (χ2v) is 7.70. The number of halogens is 1. The minimum atomic E-state index is -0.233. The number of aliphatic imine (C=N–C) groups is 1. The fourth-order valence-electron chi connectivity index (χ4n) is 3.53. The molecule has 1 aromatic heterocycles. The molecule has 152 valence electrons. The molecule has 6 heteroatoms. The molecule has 5 nitrogen and oxygen atoms in total. The molecule has 0 radical (unpaired) electrons. The number of benzene rings is 1. The summed E-state index contributed by atoms with van der Waals surface area (Å²) >= 11 is 6.11. The number of rotatable bonds is 3. The van der Waals surface area contributed by atoms with Crippen LogP contribution in [0.15, 0.2) is 69.7 Å². The van der Waals surface area contributed by atoms with Crippen molar-refractivity contribution in [3.8, 4) is 0 Å². The molecule has 1 unspecified atom stereocenters. The van der Waals surface area contributed by atoms with Crippen molar-refractivity contribution in [3.05, 3.63) is 87.8 Å². The SMILES string of the molecule is CCNC(=O)/C=C1\N=C(c2ccc(Cl)cc2)C2=C(C=CC(C)C=C2)c2c(C)noc21. The van der Waals surface area contributed by atoms with Crippen LogP contribution >= 0.6 is 11.6 Å². The number of aryl methyl sites for hydroxylation is 1. The number of fused-ring (bicyclic) bond motifs is 2. The third-order valence-corrected chi connectivity index (χ3v) is 5.26. The molecule has 30 heavy (non-hydrogen) atoms. The summed E-state index contributed by atoms with van der Waals surface area (Å²) in [4.78, 5) is 17.3. The molecule has 1 aliphatic heterocycles. The summed E-state index contributed by atoms with van der Waals surface area (Å²) in [5.74, 6) is 0.531. The minimum absolute atomic E-state index is 0.233. The number of amides is 1. The molecule has 2 aliphatic rings. The second kappa shape index (κ2) is 8.28. The number of nitrogens with one attached hydrogen (secondary N) is 1. The van der Waals surface area contributed by atoms with Crippen LogP contribution in [0.3, 0.4) is 0 Å². The molecule has 1 aliphatic carbocycles. The number of aromatic nitrogens is 1. The van der Waals surface area contributed by atoms with Gasteiger partial charge >= 0.3 is 0 Å². The zero-order valence-electron chi connectivity index (χ0n) is 17.1. The predicted molar refractivity (Wildman–Crippen MR) is 120 cm³/mol. The molecule has 1 N–H and O–H groups in total. The first-order valence-electron chi connectivity index (χ1n) is 9.90. The first-order chi connectivity index (χ1) is 14.5. The van der Waals surface area contributed by atoms with E-state index < -0.39 is 0 Å². The van der Waals surface area contributed by atoms with Crippen molar-refractivity contribution < 1.29 is 9.32 Å². The Balaban J connectivity index is 2.02. The highest BCUT2D eigenvalue weighted by Crippen LogP contribution is 2.38. The number of carbonyl (C=O) groups excluding carboxylic acids is 1. The molecule has 2 heterocycles. The zero-order valence-corrected chi connectivity index (χ0v) is 17.8. The van der Waals surface area contributed by atoms with Gasteiger partial charge in [0.05, 0.1) is 17.0 Å². The Morgan fingerprint density at radius 3 is 2.60 bits per heavy atom. The topological polar surface area (TPSA) is 67.5 Å². The van der Waals surface area contributed by atoms with Crippen LogP contribution in [0.1, 0.15) is 36.4 Å². The minimum Gasteiger partial charge on any atom is -0.354 e. The van der Waals surface area contributed by atoms with Crippen molar-refractivity contribution in [2.75, 3.05) is 6.54 Å². The van der Waals surface area contributed by atoms with Gasteiger partial charge in [0.2, 0.25) is 5.91 Å². The zero-order chi connectivity index (χ0) is 21.3. The lowest BCUT2D eigenvalue weighted by Gasteiger charge is -2.10. The Hall–Kier alpha value is -3.18. The molecule has 0 saturated heterocycles. The fraction of sp³-hybridized carbons (Fsp3) is 0.208. The number of nitrogens with zero attached hydrogens (tertiary/aromatic N) is 2. The van der Waals surface area contributed by atoms with E-state index in [0.717, 1.165) is 33.7 Å². The smallest absolute Gasteiger partial charge is 0.246 e. The van der Waals surface area contributed by atoms with E-state index in [1.165, 1.54) is 6.08 Å².